The summed E-state index contributed by atoms with van der Waals surface area (Å²) in [6.07, 6.45) is 0. The third kappa shape index (κ3) is 2.64. The largest absolute Gasteiger partial charge is 0.369 e. The SMILES string of the molecule is Cc1ccccc1N1CCN(C(C)C(N)=O)CC1. The van der Waals surface area contributed by atoms with Crippen LogP contribution in [-0.4, -0.2) is 43.0 Å². The molecule has 0 aromatic heterocycles. The van der Waals surface area contributed by atoms with Gasteiger partial charge in [-0.05, 0) is 25.5 Å². The van der Waals surface area contributed by atoms with E-state index in [1.807, 2.05) is 6.92 Å². The average molecular weight is 247 g/mol. The number of primary amides is 1. The molecule has 1 amide bonds. The average Bonchev–Trinajstić information content (AvgIpc) is 2.38. The van der Waals surface area contributed by atoms with E-state index in [4.69, 9.17) is 5.73 Å². The summed E-state index contributed by atoms with van der Waals surface area (Å²) < 4.78 is 0. The molecular formula is C14H21N3O. The number of nitrogens with zero attached hydrogens (tertiary/aromatic N) is 2. The van der Waals surface area contributed by atoms with Gasteiger partial charge in [-0.25, -0.2) is 0 Å². The van der Waals surface area contributed by atoms with E-state index in [2.05, 4.69) is 41.0 Å². The second-order valence-electron chi connectivity index (χ2n) is 4.89. The van der Waals surface area contributed by atoms with Crippen molar-refractivity contribution < 1.29 is 4.79 Å². The number of rotatable bonds is 3. The number of benzene rings is 1. The topological polar surface area (TPSA) is 49.6 Å². The van der Waals surface area contributed by atoms with Crippen molar-refractivity contribution in [3.63, 3.8) is 0 Å². The zero-order valence-electron chi connectivity index (χ0n) is 11.1. The lowest BCUT2D eigenvalue weighted by Crippen LogP contribution is -2.53. The molecule has 1 unspecified atom stereocenters. The van der Waals surface area contributed by atoms with Gasteiger partial charge in [0.1, 0.15) is 0 Å². The lowest BCUT2D eigenvalue weighted by molar-refractivity contribution is -0.122. The molecule has 0 saturated carbocycles. The van der Waals surface area contributed by atoms with Crippen LogP contribution < -0.4 is 10.6 Å². The summed E-state index contributed by atoms with van der Waals surface area (Å²) in [7, 11) is 0. The van der Waals surface area contributed by atoms with Crippen LogP contribution in [0, 0.1) is 6.92 Å². The quantitative estimate of drug-likeness (QED) is 0.866. The monoisotopic (exact) mass is 247 g/mol. The molecule has 4 nitrogen and oxygen atoms in total. The molecule has 1 saturated heterocycles. The summed E-state index contributed by atoms with van der Waals surface area (Å²) in [6, 6.07) is 8.25. The van der Waals surface area contributed by atoms with Gasteiger partial charge in [-0.15, -0.1) is 0 Å². The van der Waals surface area contributed by atoms with Gasteiger partial charge in [0.05, 0.1) is 6.04 Å². The third-order valence-corrected chi connectivity index (χ3v) is 3.73. The van der Waals surface area contributed by atoms with E-state index in [1.54, 1.807) is 0 Å². The molecular weight excluding hydrogens is 226 g/mol. The summed E-state index contributed by atoms with van der Waals surface area (Å²) in [4.78, 5) is 15.7. The predicted octanol–water partition coefficient (Wildman–Crippen LogP) is 0.991. The standard InChI is InChI=1S/C14H21N3O/c1-11-5-3-4-6-13(11)17-9-7-16(8-10-17)12(2)14(15)18/h3-6,12H,7-10H2,1-2H3,(H2,15,18). The van der Waals surface area contributed by atoms with Crippen LogP contribution in [0.3, 0.4) is 0 Å². The zero-order chi connectivity index (χ0) is 13.1. The number of para-hydroxylation sites is 1. The highest BCUT2D eigenvalue weighted by molar-refractivity contribution is 5.79. The Kier molecular flexibility index (Phi) is 3.87. The van der Waals surface area contributed by atoms with E-state index in [0.717, 1.165) is 26.2 Å². The molecule has 1 aliphatic heterocycles. The van der Waals surface area contributed by atoms with E-state index >= 15 is 0 Å². The molecule has 1 atom stereocenters. The minimum Gasteiger partial charge on any atom is -0.369 e. The number of piperazine rings is 1. The molecule has 1 aromatic rings. The number of carbonyl (C=O) groups is 1. The number of amides is 1. The van der Waals surface area contributed by atoms with Crippen molar-refractivity contribution >= 4 is 11.6 Å². The first-order valence-corrected chi connectivity index (χ1v) is 6.43. The Morgan fingerprint density at radius 1 is 1.22 bits per heavy atom. The normalized spacial score (nSPS) is 18.7. The smallest absolute Gasteiger partial charge is 0.234 e. The molecule has 98 valence electrons. The minimum atomic E-state index is -0.237. The molecule has 1 aromatic carbocycles. The fourth-order valence-corrected chi connectivity index (χ4v) is 2.45. The van der Waals surface area contributed by atoms with Crippen LogP contribution in [0.1, 0.15) is 12.5 Å². The summed E-state index contributed by atoms with van der Waals surface area (Å²) in [5.74, 6) is -0.237. The summed E-state index contributed by atoms with van der Waals surface area (Å²) >= 11 is 0. The van der Waals surface area contributed by atoms with E-state index in [-0.39, 0.29) is 11.9 Å². The summed E-state index contributed by atoms with van der Waals surface area (Å²) in [6.45, 7) is 7.68. The molecule has 1 fully saturated rings. The Balaban J connectivity index is 1.99. The van der Waals surface area contributed by atoms with E-state index < -0.39 is 0 Å². The first-order chi connectivity index (χ1) is 8.59. The number of anilines is 1. The molecule has 1 heterocycles. The van der Waals surface area contributed by atoms with Crippen LogP contribution in [0.25, 0.3) is 0 Å². The van der Waals surface area contributed by atoms with E-state index in [1.165, 1.54) is 11.3 Å². The lowest BCUT2D eigenvalue weighted by atomic mass is 10.1. The summed E-state index contributed by atoms with van der Waals surface area (Å²) in [5, 5.41) is 0. The minimum absolute atomic E-state index is 0.163. The van der Waals surface area contributed by atoms with Crippen LogP contribution in [0.15, 0.2) is 24.3 Å². The van der Waals surface area contributed by atoms with Gasteiger partial charge in [-0.2, -0.15) is 0 Å². The first kappa shape index (κ1) is 12.9. The molecule has 0 spiro atoms. The number of hydrogen-bond acceptors (Lipinski definition) is 3. The van der Waals surface area contributed by atoms with Crippen LogP contribution in [0.4, 0.5) is 5.69 Å². The van der Waals surface area contributed by atoms with Gasteiger partial charge in [0.2, 0.25) is 5.91 Å². The Hall–Kier alpha value is -1.55. The Morgan fingerprint density at radius 3 is 2.39 bits per heavy atom. The maximum Gasteiger partial charge on any atom is 0.234 e. The highest BCUT2D eigenvalue weighted by Gasteiger charge is 2.24. The number of nitrogens with two attached hydrogens (primary N) is 1. The third-order valence-electron chi connectivity index (χ3n) is 3.73. The molecule has 1 aliphatic rings. The molecule has 2 rings (SSSR count). The van der Waals surface area contributed by atoms with Crippen molar-refractivity contribution in [1.29, 1.82) is 0 Å². The van der Waals surface area contributed by atoms with Gasteiger partial charge in [0, 0.05) is 31.9 Å². The van der Waals surface area contributed by atoms with Crippen molar-refractivity contribution in [2.75, 3.05) is 31.1 Å². The fourth-order valence-electron chi connectivity index (χ4n) is 2.45. The van der Waals surface area contributed by atoms with Crippen molar-refractivity contribution in [3.8, 4) is 0 Å². The Bertz CT molecular complexity index is 425. The highest BCUT2D eigenvalue weighted by Crippen LogP contribution is 2.21. The van der Waals surface area contributed by atoms with Gasteiger partial charge in [0.15, 0.2) is 0 Å². The second-order valence-corrected chi connectivity index (χ2v) is 4.89. The zero-order valence-corrected chi connectivity index (χ0v) is 11.1. The maximum absolute atomic E-state index is 11.2. The Labute approximate surface area is 108 Å². The van der Waals surface area contributed by atoms with Gasteiger partial charge in [-0.1, -0.05) is 18.2 Å². The molecule has 2 N–H and O–H groups in total. The molecule has 0 radical (unpaired) electrons. The first-order valence-electron chi connectivity index (χ1n) is 6.43. The molecule has 18 heavy (non-hydrogen) atoms. The van der Waals surface area contributed by atoms with E-state index in [9.17, 15) is 4.79 Å². The number of carbonyl (C=O) groups excluding carboxylic acids is 1. The highest BCUT2D eigenvalue weighted by atomic mass is 16.1. The van der Waals surface area contributed by atoms with Gasteiger partial charge in [-0.3, -0.25) is 9.69 Å². The van der Waals surface area contributed by atoms with Crippen LogP contribution >= 0.6 is 0 Å². The van der Waals surface area contributed by atoms with Crippen LogP contribution in [0.2, 0.25) is 0 Å². The van der Waals surface area contributed by atoms with Crippen molar-refractivity contribution in [2.45, 2.75) is 19.9 Å². The molecule has 4 heteroatoms. The van der Waals surface area contributed by atoms with Crippen molar-refractivity contribution in [3.05, 3.63) is 29.8 Å². The van der Waals surface area contributed by atoms with Crippen molar-refractivity contribution in [2.24, 2.45) is 5.73 Å². The van der Waals surface area contributed by atoms with Gasteiger partial charge < -0.3 is 10.6 Å². The maximum atomic E-state index is 11.2. The predicted molar refractivity (Wildman–Crippen MR) is 73.6 cm³/mol. The van der Waals surface area contributed by atoms with Gasteiger partial charge >= 0.3 is 0 Å². The Morgan fingerprint density at radius 2 is 1.83 bits per heavy atom. The second kappa shape index (κ2) is 5.40. The van der Waals surface area contributed by atoms with E-state index in [0.29, 0.717) is 0 Å². The fraction of sp³-hybridized carbons (Fsp3) is 0.500. The van der Waals surface area contributed by atoms with Crippen LogP contribution in [0.5, 0.6) is 0 Å². The summed E-state index contributed by atoms with van der Waals surface area (Å²) in [5.41, 5.74) is 7.94. The molecule has 0 aliphatic carbocycles. The molecule has 0 bridgehead atoms. The van der Waals surface area contributed by atoms with Gasteiger partial charge in [0.25, 0.3) is 0 Å². The lowest BCUT2D eigenvalue weighted by Gasteiger charge is -2.38. The van der Waals surface area contributed by atoms with Crippen LogP contribution in [-0.2, 0) is 4.79 Å². The van der Waals surface area contributed by atoms with Crippen molar-refractivity contribution in [1.82, 2.24) is 4.90 Å². The number of aryl methyl sites for hydroxylation is 1. The number of hydrogen-bond donors (Lipinski definition) is 1.